The van der Waals surface area contributed by atoms with Crippen molar-refractivity contribution in [1.82, 2.24) is 4.98 Å². The summed E-state index contributed by atoms with van der Waals surface area (Å²) in [6.07, 6.45) is -5.74. The van der Waals surface area contributed by atoms with Gasteiger partial charge in [0.1, 0.15) is 0 Å². The molecule has 2 rings (SSSR count). The summed E-state index contributed by atoms with van der Waals surface area (Å²) in [7, 11) is 0. The summed E-state index contributed by atoms with van der Waals surface area (Å²) in [5.41, 5.74) is -0.371. The fourth-order valence-corrected chi connectivity index (χ4v) is 2.56. The van der Waals surface area contributed by atoms with E-state index in [2.05, 4.69) is 10.3 Å². The predicted octanol–water partition coefficient (Wildman–Crippen LogP) is 3.58. The number of amides is 1. The molecule has 0 bridgehead atoms. The third-order valence-corrected chi connectivity index (χ3v) is 3.95. The average Bonchev–Trinajstić information content (AvgIpc) is 2.91. The van der Waals surface area contributed by atoms with E-state index in [0.29, 0.717) is 5.69 Å². The van der Waals surface area contributed by atoms with Crippen molar-refractivity contribution in [3.8, 4) is 0 Å². The number of alkyl halides is 3. The van der Waals surface area contributed by atoms with Crippen molar-refractivity contribution in [3.63, 3.8) is 0 Å². The molecule has 0 spiro atoms. The van der Waals surface area contributed by atoms with E-state index < -0.39 is 29.7 Å². The third kappa shape index (κ3) is 5.56. The molecule has 134 valence electrons. The van der Waals surface area contributed by atoms with Crippen molar-refractivity contribution in [2.75, 3.05) is 5.32 Å². The first-order valence-corrected chi connectivity index (χ1v) is 8.11. The first-order valence-electron chi connectivity index (χ1n) is 7.24. The number of carbonyl (C=O) groups excluding carboxylic acids is 2. The van der Waals surface area contributed by atoms with Gasteiger partial charge in [0.2, 0.25) is 0 Å². The molecule has 25 heavy (non-hydrogen) atoms. The smallest absolute Gasteiger partial charge is 0.416 e. The second-order valence-electron chi connectivity index (χ2n) is 5.23. The molecule has 1 aromatic carbocycles. The molecule has 2 aromatic rings. The second-order valence-corrected chi connectivity index (χ2v) is 6.30. The number of halogens is 3. The van der Waals surface area contributed by atoms with Gasteiger partial charge in [-0.1, -0.05) is 6.07 Å². The fraction of sp³-hybridized carbons (Fsp3) is 0.312. The number of rotatable bonds is 5. The maximum Gasteiger partial charge on any atom is 0.416 e. The minimum absolute atomic E-state index is 0.0298. The molecule has 0 aliphatic rings. The Labute approximate surface area is 145 Å². The largest absolute Gasteiger partial charge is 0.452 e. The highest BCUT2D eigenvalue weighted by atomic mass is 32.1. The maximum absolute atomic E-state index is 12.7. The Hall–Kier alpha value is -2.42. The van der Waals surface area contributed by atoms with Crippen molar-refractivity contribution in [3.05, 3.63) is 45.9 Å². The van der Waals surface area contributed by atoms with Gasteiger partial charge in [-0.3, -0.25) is 9.59 Å². The third-order valence-electron chi connectivity index (χ3n) is 3.13. The summed E-state index contributed by atoms with van der Waals surface area (Å²) in [5.74, 6) is -1.36. The Bertz CT molecular complexity index is 774. The van der Waals surface area contributed by atoms with Gasteiger partial charge < -0.3 is 10.1 Å². The van der Waals surface area contributed by atoms with Crippen LogP contribution in [0.5, 0.6) is 0 Å². The average molecular weight is 372 g/mol. The molecule has 0 fully saturated rings. The zero-order valence-electron chi connectivity index (χ0n) is 13.4. The van der Waals surface area contributed by atoms with Crippen LogP contribution < -0.4 is 5.32 Å². The molecule has 1 atom stereocenters. The maximum atomic E-state index is 12.7. The van der Waals surface area contributed by atoms with E-state index in [9.17, 15) is 22.8 Å². The number of aromatic nitrogens is 1. The first kappa shape index (κ1) is 18.9. The standard InChI is InChI=1S/C16H15F3N2O3S/c1-9(24-14(22)7-13-8-25-10(2)20-13)15(23)21-12-5-3-4-11(6-12)16(17,18)19/h3-6,8-9H,7H2,1-2H3,(H,21,23). The van der Waals surface area contributed by atoms with Crippen molar-refractivity contribution < 1.29 is 27.5 Å². The Morgan fingerprint density at radius 3 is 2.68 bits per heavy atom. The lowest BCUT2D eigenvalue weighted by Crippen LogP contribution is -2.30. The normalized spacial score (nSPS) is 12.5. The molecule has 1 unspecified atom stereocenters. The van der Waals surface area contributed by atoms with Crippen molar-refractivity contribution in [2.45, 2.75) is 32.5 Å². The van der Waals surface area contributed by atoms with Crippen molar-refractivity contribution >= 4 is 28.9 Å². The molecule has 0 saturated carbocycles. The molecule has 1 heterocycles. The van der Waals surface area contributed by atoms with Gasteiger partial charge in [0.15, 0.2) is 6.10 Å². The highest BCUT2D eigenvalue weighted by molar-refractivity contribution is 7.09. The lowest BCUT2D eigenvalue weighted by atomic mass is 10.2. The SMILES string of the molecule is Cc1nc(CC(=O)OC(C)C(=O)Nc2cccc(C(F)(F)F)c2)cs1. The molecule has 9 heteroatoms. The number of carbonyl (C=O) groups is 2. The number of nitrogens with one attached hydrogen (secondary N) is 1. The molecule has 1 aromatic heterocycles. The van der Waals surface area contributed by atoms with Crippen LogP contribution in [0.15, 0.2) is 29.6 Å². The van der Waals surface area contributed by atoms with Gasteiger partial charge in [-0.15, -0.1) is 11.3 Å². The van der Waals surface area contributed by atoms with Gasteiger partial charge in [-0.2, -0.15) is 13.2 Å². The molecule has 0 saturated heterocycles. The molecule has 0 aliphatic carbocycles. The summed E-state index contributed by atoms with van der Waals surface area (Å²) >= 11 is 1.39. The summed E-state index contributed by atoms with van der Waals surface area (Å²) in [5, 5.41) is 4.81. The van der Waals surface area contributed by atoms with Crippen LogP contribution in [0.1, 0.15) is 23.2 Å². The topological polar surface area (TPSA) is 68.3 Å². The van der Waals surface area contributed by atoms with E-state index in [4.69, 9.17) is 4.74 Å². The van der Waals surface area contributed by atoms with E-state index in [1.54, 1.807) is 12.3 Å². The van der Waals surface area contributed by atoms with E-state index in [1.165, 1.54) is 30.4 Å². The van der Waals surface area contributed by atoms with Crippen molar-refractivity contribution in [2.24, 2.45) is 0 Å². The molecule has 1 N–H and O–H groups in total. The molecular formula is C16H15F3N2O3S. The summed E-state index contributed by atoms with van der Waals surface area (Å²) in [6, 6.07) is 4.21. The minimum atomic E-state index is -4.51. The monoisotopic (exact) mass is 372 g/mol. The van der Waals surface area contributed by atoms with Gasteiger partial charge in [0.05, 0.1) is 22.7 Å². The van der Waals surface area contributed by atoms with Crippen LogP contribution in [0, 0.1) is 6.92 Å². The first-order chi connectivity index (χ1) is 11.6. The Kier molecular flexibility index (Phi) is 5.78. The van der Waals surface area contributed by atoms with Gasteiger partial charge in [0, 0.05) is 11.1 Å². The van der Waals surface area contributed by atoms with Crippen LogP contribution in [0.4, 0.5) is 18.9 Å². The number of hydrogen-bond acceptors (Lipinski definition) is 5. The van der Waals surface area contributed by atoms with E-state index in [0.717, 1.165) is 17.1 Å². The number of thiazole rings is 1. The van der Waals surface area contributed by atoms with Crippen LogP contribution in [-0.4, -0.2) is 23.0 Å². The van der Waals surface area contributed by atoms with Crippen LogP contribution in [-0.2, 0) is 26.9 Å². The number of anilines is 1. The van der Waals surface area contributed by atoms with Crippen LogP contribution in [0.25, 0.3) is 0 Å². The molecular weight excluding hydrogens is 357 g/mol. The lowest BCUT2D eigenvalue weighted by molar-refractivity contribution is -0.152. The van der Waals surface area contributed by atoms with E-state index >= 15 is 0 Å². The van der Waals surface area contributed by atoms with E-state index in [1.807, 2.05) is 0 Å². The van der Waals surface area contributed by atoms with Crippen LogP contribution in [0.3, 0.4) is 0 Å². The summed E-state index contributed by atoms with van der Waals surface area (Å²) in [4.78, 5) is 27.9. The lowest BCUT2D eigenvalue weighted by Gasteiger charge is -2.14. The van der Waals surface area contributed by atoms with Crippen LogP contribution >= 0.6 is 11.3 Å². The number of hydrogen-bond donors (Lipinski definition) is 1. The highest BCUT2D eigenvalue weighted by Gasteiger charge is 2.30. The van der Waals surface area contributed by atoms with Gasteiger partial charge in [-0.05, 0) is 32.0 Å². The zero-order chi connectivity index (χ0) is 18.6. The molecule has 5 nitrogen and oxygen atoms in total. The number of esters is 1. The number of ether oxygens (including phenoxy) is 1. The quantitative estimate of drug-likeness (QED) is 0.815. The summed E-state index contributed by atoms with van der Waals surface area (Å²) in [6.45, 7) is 3.14. The zero-order valence-corrected chi connectivity index (χ0v) is 14.2. The number of nitrogens with zero attached hydrogens (tertiary/aromatic N) is 1. The second kappa shape index (κ2) is 7.64. The minimum Gasteiger partial charge on any atom is -0.452 e. The van der Waals surface area contributed by atoms with E-state index in [-0.39, 0.29) is 12.1 Å². The Balaban J connectivity index is 1.93. The number of benzene rings is 1. The number of aryl methyl sites for hydroxylation is 1. The van der Waals surface area contributed by atoms with Gasteiger partial charge >= 0.3 is 12.1 Å². The molecule has 0 radical (unpaired) electrons. The Morgan fingerprint density at radius 2 is 2.08 bits per heavy atom. The van der Waals surface area contributed by atoms with Gasteiger partial charge in [-0.25, -0.2) is 4.98 Å². The van der Waals surface area contributed by atoms with Crippen LogP contribution in [0.2, 0.25) is 0 Å². The molecule has 0 aliphatic heterocycles. The fourth-order valence-electron chi connectivity index (χ4n) is 1.95. The Morgan fingerprint density at radius 1 is 1.36 bits per heavy atom. The summed E-state index contributed by atoms with van der Waals surface area (Å²) < 4.78 is 43.0. The predicted molar refractivity (Wildman–Crippen MR) is 86.2 cm³/mol. The highest BCUT2D eigenvalue weighted by Crippen LogP contribution is 2.30. The molecule has 1 amide bonds. The van der Waals surface area contributed by atoms with Crippen molar-refractivity contribution in [1.29, 1.82) is 0 Å². The van der Waals surface area contributed by atoms with Gasteiger partial charge in [0.25, 0.3) is 5.91 Å².